The first-order chi connectivity index (χ1) is 10.0. The summed E-state index contributed by atoms with van der Waals surface area (Å²) in [5.41, 5.74) is 0. The Balaban J connectivity index is 2.01. The molecule has 2 rings (SSSR count). The van der Waals surface area contributed by atoms with Crippen LogP contribution in [-0.2, 0) is 14.3 Å². The van der Waals surface area contributed by atoms with Gasteiger partial charge < -0.3 is 20.1 Å². The maximum Gasteiger partial charge on any atom is 0.326 e. The number of rotatable bonds is 4. The van der Waals surface area contributed by atoms with Crippen LogP contribution in [0.5, 0.6) is 0 Å². The number of nitrogens with zero attached hydrogens (tertiary/aromatic N) is 1. The van der Waals surface area contributed by atoms with Crippen molar-refractivity contribution in [2.45, 2.75) is 51.1 Å². The summed E-state index contributed by atoms with van der Waals surface area (Å²) >= 11 is 0. The Bertz CT molecular complexity index is 426. The first kappa shape index (κ1) is 15.6. The van der Waals surface area contributed by atoms with Gasteiger partial charge in [-0.2, -0.15) is 0 Å². The minimum Gasteiger partial charge on any atom is -0.480 e. The van der Waals surface area contributed by atoms with Crippen LogP contribution in [-0.4, -0.2) is 53.2 Å². The van der Waals surface area contributed by atoms with E-state index in [-0.39, 0.29) is 25.1 Å². The van der Waals surface area contributed by atoms with E-state index < -0.39 is 24.0 Å². The Hall–Kier alpha value is -1.79. The van der Waals surface area contributed by atoms with E-state index in [1.807, 2.05) is 0 Å². The van der Waals surface area contributed by atoms with E-state index in [2.05, 4.69) is 5.32 Å². The fraction of sp³-hybridized carbons (Fsp3) is 0.786. The van der Waals surface area contributed by atoms with E-state index >= 15 is 0 Å². The van der Waals surface area contributed by atoms with E-state index in [0.29, 0.717) is 6.42 Å². The zero-order chi connectivity index (χ0) is 15.4. The summed E-state index contributed by atoms with van der Waals surface area (Å²) in [6.45, 7) is 1.71. The number of carbonyl (C=O) groups excluding carboxylic acids is 2. The predicted molar refractivity (Wildman–Crippen MR) is 73.7 cm³/mol. The SMILES string of the molecule is CCOC(=O)CNC(=O)N1C(C(=O)O)CC2CCCCC21. The van der Waals surface area contributed by atoms with Gasteiger partial charge in [-0.15, -0.1) is 0 Å². The van der Waals surface area contributed by atoms with Gasteiger partial charge in [0, 0.05) is 6.04 Å². The van der Waals surface area contributed by atoms with Crippen molar-refractivity contribution >= 4 is 18.0 Å². The van der Waals surface area contributed by atoms with Crippen molar-refractivity contribution in [3.63, 3.8) is 0 Å². The van der Waals surface area contributed by atoms with Crippen LogP contribution in [0.4, 0.5) is 4.79 Å². The van der Waals surface area contributed by atoms with E-state index in [1.54, 1.807) is 6.92 Å². The molecule has 21 heavy (non-hydrogen) atoms. The molecule has 7 nitrogen and oxygen atoms in total. The monoisotopic (exact) mass is 298 g/mol. The molecule has 1 saturated heterocycles. The molecule has 3 atom stereocenters. The van der Waals surface area contributed by atoms with Gasteiger partial charge in [-0.3, -0.25) is 4.79 Å². The maximum atomic E-state index is 12.3. The molecule has 1 aliphatic heterocycles. The van der Waals surface area contributed by atoms with Gasteiger partial charge in [-0.05, 0) is 32.1 Å². The summed E-state index contributed by atoms with van der Waals surface area (Å²) in [7, 11) is 0. The van der Waals surface area contributed by atoms with Gasteiger partial charge >= 0.3 is 18.0 Å². The molecule has 0 aromatic rings. The van der Waals surface area contributed by atoms with Gasteiger partial charge in [-0.1, -0.05) is 12.8 Å². The van der Waals surface area contributed by atoms with Crippen LogP contribution in [0.15, 0.2) is 0 Å². The van der Waals surface area contributed by atoms with Crippen molar-refractivity contribution in [3.8, 4) is 0 Å². The Morgan fingerprint density at radius 1 is 1.29 bits per heavy atom. The summed E-state index contributed by atoms with van der Waals surface area (Å²) in [5, 5.41) is 11.8. The van der Waals surface area contributed by atoms with Gasteiger partial charge in [0.2, 0.25) is 0 Å². The highest BCUT2D eigenvalue weighted by molar-refractivity contribution is 5.86. The molecule has 0 radical (unpaired) electrons. The highest BCUT2D eigenvalue weighted by atomic mass is 16.5. The molecule has 0 spiro atoms. The molecule has 2 N–H and O–H groups in total. The molecule has 1 aliphatic carbocycles. The number of esters is 1. The van der Waals surface area contributed by atoms with Gasteiger partial charge in [0.05, 0.1) is 6.61 Å². The van der Waals surface area contributed by atoms with Crippen molar-refractivity contribution in [1.29, 1.82) is 0 Å². The average molecular weight is 298 g/mol. The topological polar surface area (TPSA) is 95.9 Å². The highest BCUT2D eigenvalue weighted by Gasteiger charge is 2.47. The summed E-state index contributed by atoms with van der Waals surface area (Å²) in [4.78, 5) is 36.4. The number of urea groups is 1. The van der Waals surface area contributed by atoms with Crippen molar-refractivity contribution < 1.29 is 24.2 Å². The highest BCUT2D eigenvalue weighted by Crippen LogP contribution is 2.39. The molecule has 0 aromatic carbocycles. The first-order valence-corrected chi connectivity index (χ1v) is 7.49. The number of aliphatic carboxylic acids is 1. The Morgan fingerprint density at radius 2 is 2.00 bits per heavy atom. The third-order valence-electron chi connectivity index (χ3n) is 4.30. The van der Waals surface area contributed by atoms with Crippen LogP contribution >= 0.6 is 0 Å². The normalized spacial score (nSPS) is 27.9. The van der Waals surface area contributed by atoms with E-state index in [0.717, 1.165) is 25.7 Å². The van der Waals surface area contributed by atoms with Crippen LogP contribution in [0.25, 0.3) is 0 Å². The number of amides is 2. The largest absolute Gasteiger partial charge is 0.480 e. The number of fused-ring (bicyclic) bond motifs is 1. The summed E-state index contributed by atoms with van der Waals surface area (Å²) < 4.78 is 4.75. The van der Waals surface area contributed by atoms with E-state index in [4.69, 9.17) is 4.74 Å². The number of carbonyl (C=O) groups is 3. The minimum atomic E-state index is -0.976. The van der Waals surface area contributed by atoms with Crippen molar-refractivity contribution in [3.05, 3.63) is 0 Å². The van der Waals surface area contributed by atoms with Crippen LogP contribution in [0.2, 0.25) is 0 Å². The van der Waals surface area contributed by atoms with Gasteiger partial charge in [0.15, 0.2) is 0 Å². The van der Waals surface area contributed by atoms with Crippen LogP contribution in [0.3, 0.4) is 0 Å². The lowest BCUT2D eigenvalue weighted by molar-refractivity contribution is -0.141. The number of hydrogen-bond acceptors (Lipinski definition) is 4. The number of ether oxygens (including phenoxy) is 1. The summed E-state index contributed by atoms with van der Waals surface area (Å²) in [6.07, 6.45) is 4.41. The number of nitrogens with one attached hydrogen (secondary N) is 1. The summed E-state index contributed by atoms with van der Waals surface area (Å²) in [5.74, 6) is -1.24. The fourth-order valence-corrected chi connectivity index (χ4v) is 3.42. The number of hydrogen-bond donors (Lipinski definition) is 2. The molecule has 7 heteroatoms. The van der Waals surface area contributed by atoms with Crippen LogP contribution in [0, 0.1) is 5.92 Å². The molecule has 2 amide bonds. The van der Waals surface area contributed by atoms with Crippen molar-refractivity contribution in [2.75, 3.05) is 13.2 Å². The molecule has 3 unspecified atom stereocenters. The minimum absolute atomic E-state index is 0.0259. The van der Waals surface area contributed by atoms with E-state index in [9.17, 15) is 19.5 Å². The molecule has 1 heterocycles. The summed E-state index contributed by atoms with van der Waals surface area (Å²) in [6, 6.07) is -1.30. The van der Waals surface area contributed by atoms with Crippen LogP contribution < -0.4 is 5.32 Å². The van der Waals surface area contributed by atoms with Crippen molar-refractivity contribution in [1.82, 2.24) is 10.2 Å². The lowest BCUT2D eigenvalue weighted by atomic mass is 9.85. The van der Waals surface area contributed by atoms with E-state index in [1.165, 1.54) is 4.90 Å². The zero-order valence-corrected chi connectivity index (χ0v) is 12.2. The molecule has 2 aliphatic rings. The third-order valence-corrected chi connectivity index (χ3v) is 4.30. The molecule has 2 fully saturated rings. The predicted octanol–water partition coefficient (Wildman–Crippen LogP) is 0.977. The van der Waals surface area contributed by atoms with Crippen LogP contribution in [0.1, 0.15) is 39.0 Å². The van der Waals surface area contributed by atoms with Gasteiger partial charge in [0.1, 0.15) is 12.6 Å². The molecule has 0 aromatic heterocycles. The maximum absolute atomic E-state index is 12.3. The molecular weight excluding hydrogens is 276 g/mol. The fourth-order valence-electron chi connectivity index (χ4n) is 3.42. The quantitative estimate of drug-likeness (QED) is 0.754. The second-order valence-electron chi connectivity index (χ2n) is 5.57. The lowest BCUT2D eigenvalue weighted by Crippen LogP contribution is -2.51. The number of likely N-dealkylation sites (tertiary alicyclic amines) is 1. The second kappa shape index (κ2) is 6.78. The molecule has 0 bridgehead atoms. The lowest BCUT2D eigenvalue weighted by Gasteiger charge is -2.32. The Kier molecular flexibility index (Phi) is 5.03. The standard InChI is InChI=1S/C14H22N2O5/c1-2-21-12(17)8-15-14(20)16-10-6-4-3-5-9(10)7-11(16)13(18)19/h9-11H,2-8H2,1H3,(H,15,20)(H,18,19). The Morgan fingerprint density at radius 3 is 2.67 bits per heavy atom. The third kappa shape index (κ3) is 3.46. The molecule has 1 saturated carbocycles. The van der Waals surface area contributed by atoms with Gasteiger partial charge in [-0.25, -0.2) is 9.59 Å². The molecular formula is C14H22N2O5. The number of carboxylic acid groups (broad SMARTS) is 1. The van der Waals surface area contributed by atoms with Crippen molar-refractivity contribution in [2.24, 2.45) is 5.92 Å². The second-order valence-corrected chi connectivity index (χ2v) is 5.57. The zero-order valence-electron chi connectivity index (χ0n) is 12.2. The number of carboxylic acids is 1. The Labute approximate surface area is 123 Å². The average Bonchev–Trinajstić information content (AvgIpc) is 2.85. The molecule has 118 valence electrons. The first-order valence-electron chi connectivity index (χ1n) is 7.49. The van der Waals surface area contributed by atoms with Gasteiger partial charge in [0.25, 0.3) is 0 Å². The smallest absolute Gasteiger partial charge is 0.326 e.